The first-order valence-corrected chi connectivity index (χ1v) is 4.85. The molecule has 0 atom stereocenters. The second kappa shape index (κ2) is 3.50. The number of aromatic nitrogens is 1. The molecule has 0 N–H and O–H groups in total. The van der Waals surface area contributed by atoms with Crippen molar-refractivity contribution >= 4 is 34.7 Å². The van der Waals surface area contributed by atoms with Crippen molar-refractivity contribution in [3.05, 3.63) is 40.5 Å². The summed E-state index contributed by atoms with van der Waals surface area (Å²) < 4.78 is 1.07. The van der Waals surface area contributed by atoms with E-state index in [4.69, 9.17) is 7.85 Å². The van der Waals surface area contributed by atoms with Crippen LogP contribution in [0.1, 0.15) is 5.69 Å². The second-order valence-corrected chi connectivity index (χ2v) is 3.67. The van der Waals surface area contributed by atoms with Gasteiger partial charge in [0.05, 0.1) is 13.4 Å². The number of hydrogen-bond acceptors (Lipinski definition) is 1. The van der Waals surface area contributed by atoms with Crippen LogP contribution in [0.15, 0.2) is 34.8 Å². The molecule has 2 radical (unpaired) electrons. The monoisotopic (exact) mass is 231 g/mol. The summed E-state index contributed by atoms with van der Waals surface area (Å²) in [6.45, 7) is 0. The lowest BCUT2D eigenvalue weighted by molar-refractivity contribution is 1.21. The Hall–Kier alpha value is -0.825. The average molecular weight is 232 g/mol. The van der Waals surface area contributed by atoms with E-state index in [0.29, 0.717) is 6.32 Å². The van der Waals surface area contributed by atoms with Gasteiger partial charge in [0, 0.05) is 15.6 Å². The first-order chi connectivity index (χ1) is 6.31. The first kappa shape index (κ1) is 8.76. The molecule has 62 valence electrons. The van der Waals surface area contributed by atoms with Crippen molar-refractivity contribution in [3.8, 4) is 0 Å². The second-order valence-electron chi connectivity index (χ2n) is 2.81. The zero-order valence-corrected chi connectivity index (χ0v) is 8.58. The van der Waals surface area contributed by atoms with Crippen LogP contribution in [0.3, 0.4) is 0 Å². The third kappa shape index (κ3) is 1.61. The van der Waals surface area contributed by atoms with Gasteiger partial charge < -0.3 is 0 Å². The van der Waals surface area contributed by atoms with Crippen molar-refractivity contribution in [2.24, 2.45) is 0 Å². The smallest absolute Gasteiger partial charge is 0.0738 e. The Labute approximate surface area is 86.7 Å². The summed E-state index contributed by atoms with van der Waals surface area (Å²) in [5.74, 6) is 0. The Morgan fingerprint density at radius 1 is 1.23 bits per heavy atom. The summed E-state index contributed by atoms with van der Waals surface area (Å²) in [5, 5.41) is 1.12. The van der Waals surface area contributed by atoms with E-state index in [1.165, 1.54) is 0 Å². The van der Waals surface area contributed by atoms with E-state index < -0.39 is 0 Å². The third-order valence-electron chi connectivity index (χ3n) is 1.95. The van der Waals surface area contributed by atoms with Gasteiger partial charge in [0.2, 0.25) is 0 Å². The zero-order chi connectivity index (χ0) is 9.26. The highest BCUT2D eigenvalue weighted by atomic mass is 79.9. The molecule has 1 nitrogen and oxygen atoms in total. The fourth-order valence-electron chi connectivity index (χ4n) is 1.27. The predicted octanol–water partition coefficient (Wildman–Crippen LogP) is 2.67. The van der Waals surface area contributed by atoms with Crippen LogP contribution >= 0.6 is 15.9 Å². The van der Waals surface area contributed by atoms with Gasteiger partial charge in [-0.25, -0.2) is 0 Å². The van der Waals surface area contributed by atoms with E-state index in [1.54, 1.807) is 0 Å². The zero-order valence-electron chi connectivity index (χ0n) is 7.00. The highest BCUT2D eigenvalue weighted by molar-refractivity contribution is 9.10. The van der Waals surface area contributed by atoms with Gasteiger partial charge >= 0.3 is 0 Å². The molecule has 1 aromatic heterocycles. The fraction of sp³-hybridized carbons (Fsp3) is 0.100. The normalized spacial score (nSPS) is 10.5. The summed E-state index contributed by atoms with van der Waals surface area (Å²) in [5.41, 5.74) is 1.91. The Balaban J connectivity index is 2.72. The molecule has 0 unspecified atom stereocenters. The van der Waals surface area contributed by atoms with Crippen molar-refractivity contribution in [1.82, 2.24) is 4.98 Å². The average Bonchev–Trinajstić information content (AvgIpc) is 2.18. The molecule has 13 heavy (non-hydrogen) atoms. The summed E-state index contributed by atoms with van der Waals surface area (Å²) in [7, 11) is 5.50. The molecule has 0 fully saturated rings. The quantitative estimate of drug-likeness (QED) is 0.688. The SMILES string of the molecule is [B]Cc1ccc2c(Br)cccc2n1. The molecule has 0 aliphatic rings. The van der Waals surface area contributed by atoms with Gasteiger partial charge in [0.25, 0.3) is 0 Å². The predicted molar refractivity (Wildman–Crippen MR) is 58.9 cm³/mol. The summed E-state index contributed by atoms with van der Waals surface area (Å²) in [6.07, 6.45) is 0.489. The minimum absolute atomic E-state index is 0.489. The van der Waals surface area contributed by atoms with E-state index in [-0.39, 0.29) is 0 Å². The van der Waals surface area contributed by atoms with Crippen LogP contribution in [-0.4, -0.2) is 12.8 Å². The lowest BCUT2D eigenvalue weighted by Gasteiger charge is -2.01. The molecule has 1 heterocycles. The largest absolute Gasteiger partial charge is 0.254 e. The van der Waals surface area contributed by atoms with Gasteiger partial charge in [0.1, 0.15) is 0 Å². The topological polar surface area (TPSA) is 12.9 Å². The highest BCUT2D eigenvalue weighted by Gasteiger charge is 1.98. The van der Waals surface area contributed by atoms with Crippen molar-refractivity contribution in [2.75, 3.05) is 0 Å². The van der Waals surface area contributed by atoms with Crippen LogP contribution in [0.2, 0.25) is 0 Å². The van der Waals surface area contributed by atoms with Crippen LogP contribution in [0, 0.1) is 0 Å². The fourth-order valence-corrected chi connectivity index (χ4v) is 1.76. The van der Waals surface area contributed by atoms with Crippen LogP contribution in [0.25, 0.3) is 10.9 Å². The van der Waals surface area contributed by atoms with E-state index >= 15 is 0 Å². The molecule has 0 bridgehead atoms. The van der Waals surface area contributed by atoms with Crippen molar-refractivity contribution in [1.29, 1.82) is 0 Å². The first-order valence-electron chi connectivity index (χ1n) is 4.05. The number of rotatable bonds is 1. The lowest BCUT2D eigenvalue weighted by Crippen LogP contribution is -1.89. The van der Waals surface area contributed by atoms with E-state index in [1.807, 2.05) is 30.3 Å². The number of hydrogen-bond donors (Lipinski definition) is 0. The molecule has 0 amide bonds. The third-order valence-corrected chi connectivity index (χ3v) is 2.64. The van der Waals surface area contributed by atoms with Gasteiger partial charge in [0.15, 0.2) is 0 Å². The lowest BCUT2D eigenvalue weighted by atomic mass is 10.0. The number of nitrogens with zero attached hydrogens (tertiary/aromatic N) is 1. The van der Waals surface area contributed by atoms with E-state index in [2.05, 4.69) is 20.9 Å². The van der Waals surface area contributed by atoms with Crippen LogP contribution < -0.4 is 0 Å². The summed E-state index contributed by atoms with van der Waals surface area (Å²) >= 11 is 3.47. The van der Waals surface area contributed by atoms with Gasteiger partial charge in [-0.2, -0.15) is 0 Å². The van der Waals surface area contributed by atoms with Gasteiger partial charge in [-0.15, -0.1) is 0 Å². The molecule has 0 saturated heterocycles. The molecule has 0 aliphatic heterocycles. The van der Waals surface area contributed by atoms with Crippen molar-refractivity contribution in [2.45, 2.75) is 6.32 Å². The summed E-state index contributed by atoms with van der Waals surface area (Å²) in [6, 6.07) is 9.95. The number of halogens is 1. The Bertz CT molecular complexity index is 442. The van der Waals surface area contributed by atoms with Crippen LogP contribution in [0.5, 0.6) is 0 Å². The van der Waals surface area contributed by atoms with Gasteiger partial charge in [-0.1, -0.05) is 22.0 Å². The molecule has 0 spiro atoms. The highest BCUT2D eigenvalue weighted by Crippen LogP contribution is 2.22. The molecule has 3 heteroatoms. The maximum atomic E-state index is 5.50. The van der Waals surface area contributed by atoms with E-state index in [0.717, 1.165) is 21.1 Å². The molecule has 2 aromatic rings. The Morgan fingerprint density at radius 2 is 2.08 bits per heavy atom. The maximum absolute atomic E-state index is 5.50. The van der Waals surface area contributed by atoms with Crippen LogP contribution in [0.4, 0.5) is 0 Å². The van der Waals surface area contributed by atoms with Gasteiger partial charge in [-0.05, 0) is 30.6 Å². The minimum Gasteiger partial charge on any atom is -0.254 e. The Kier molecular flexibility index (Phi) is 2.36. The number of pyridine rings is 1. The molecule has 1 aromatic carbocycles. The minimum atomic E-state index is 0.489. The molecular weight excluding hydrogens is 225 g/mol. The van der Waals surface area contributed by atoms with Gasteiger partial charge in [-0.3, -0.25) is 4.98 Å². The molecule has 0 saturated carbocycles. The van der Waals surface area contributed by atoms with E-state index in [9.17, 15) is 0 Å². The molecular formula is C10H7BBrN. The molecule has 2 rings (SSSR count). The number of benzene rings is 1. The summed E-state index contributed by atoms with van der Waals surface area (Å²) in [4.78, 5) is 4.40. The van der Waals surface area contributed by atoms with Crippen LogP contribution in [-0.2, 0) is 6.32 Å². The van der Waals surface area contributed by atoms with Crippen molar-refractivity contribution < 1.29 is 0 Å². The maximum Gasteiger partial charge on any atom is 0.0738 e. The molecule has 0 aliphatic carbocycles. The standard InChI is InChI=1S/C10H7BBrN/c11-6-7-4-5-8-9(12)2-1-3-10(8)13-7/h1-5H,6H2. The number of fused-ring (bicyclic) bond motifs is 1. The Morgan fingerprint density at radius 3 is 2.85 bits per heavy atom. The van der Waals surface area contributed by atoms with Crippen molar-refractivity contribution in [3.63, 3.8) is 0 Å².